The molecule has 0 aliphatic rings. The minimum atomic E-state index is 0.308. The lowest BCUT2D eigenvalue weighted by atomic mass is 10.1. The average Bonchev–Trinajstić information content (AvgIpc) is 2.49. The zero-order valence-electron chi connectivity index (χ0n) is 12.0. The SMILES string of the molecule is Cc1ccc2c(NCCc3ccc(O)cc3)ccnc2c1. The number of nitrogens with one attached hydrogen (secondary N) is 1. The van der Waals surface area contributed by atoms with Crippen molar-refractivity contribution in [2.24, 2.45) is 0 Å². The van der Waals surface area contributed by atoms with Gasteiger partial charge in [0.1, 0.15) is 5.75 Å². The van der Waals surface area contributed by atoms with Crippen molar-refractivity contribution in [2.75, 3.05) is 11.9 Å². The van der Waals surface area contributed by atoms with Crippen LogP contribution in [0.5, 0.6) is 5.75 Å². The molecule has 0 fully saturated rings. The Labute approximate surface area is 124 Å². The summed E-state index contributed by atoms with van der Waals surface area (Å²) in [5, 5.41) is 13.9. The second-order valence-electron chi connectivity index (χ2n) is 5.22. The number of aryl methyl sites for hydroxylation is 1. The van der Waals surface area contributed by atoms with Crippen molar-refractivity contribution in [3.63, 3.8) is 0 Å². The second-order valence-corrected chi connectivity index (χ2v) is 5.22. The normalized spacial score (nSPS) is 10.7. The van der Waals surface area contributed by atoms with Crippen LogP contribution in [0.1, 0.15) is 11.1 Å². The molecule has 0 amide bonds. The predicted octanol–water partition coefficient (Wildman–Crippen LogP) is 3.90. The Bertz CT molecular complexity index is 751. The topological polar surface area (TPSA) is 45.1 Å². The van der Waals surface area contributed by atoms with Crippen LogP contribution in [-0.4, -0.2) is 16.6 Å². The molecule has 0 saturated carbocycles. The smallest absolute Gasteiger partial charge is 0.115 e. The number of benzene rings is 2. The van der Waals surface area contributed by atoms with Gasteiger partial charge >= 0.3 is 0 Å². The number of phenolic OH excluding ortho intramolecular Hbond substituents is 1. The van der Waals surface area contributed by atoms with Crippen LogP contribution in [0.3, 0.4) is 0 Å². The summed E-state index contributed by atoms with van der Waals surface area (Å²) in [6, 6.07) is 15.7. The summed E-state index contributed by atoms with van der Waals surface area (Å²) in [5.41, 5.74) is 4.55. The summed E-state index contributed by atoms with van der Waals surface area (Å²) in [4.78, 5) is 4.41. The van der Waals surface area contributed by atoms with Crippen molar-refractivity contribution in [3.05, 3.63) is 65.9 Å². The van der Waals surface area contributed by atoms with Gasteiger partial charge in [-0.1, -0.05) is 24.3 Å². The first-order valence-corrected chi connectivity index (χ1v) is 7.09. The Balaban J connectivity index is 1.72. The fourth-order valence-corrected chi connectivity index (χ4v) is 2.42. The lowest BCUT2D eigenvalue weighted by molar-refractivity contribution is 0.475. The first-order valence-electron chi connectivity index (χ1n) is 7.09. The quantitative estimate of drug-likeness (QED) is 0.760. The maximum Gasteiger partial charge on any atom is 0.115 e. The number of nitrogens with zero attached hydrogens (tertiary/aromatic N) is 1. The van der Waals surface area contributed by atoms with Gasteiger partial charge in [0, 0.05) is 23.8 Å². The van der Waals surface area contributed by atoms with E-state index >= 15 is 0 Å². The van der Waals surface area contributed by atoms with Gasteiger partial charge in [0.25, 0.3) is 0 Å². The standard InChI is InChI=1S/C18H18N2O/c1-13-2-7-16-17(9-11-20-18(16)12-13)19-10-8-14-3-5-15(21)6-4-14/h2-7,9,11-12,21H,8,10H2,1H3,(H,19,20). The zero-order chi connectivity index (χ0) is 14.7. The Morgan fingerprint density at radius 3 is 2.67 bits per heavy atom. The second kappa shape index (κ2) is 5.83. The molecule has 1 aromatic heterocycles. The third-order valence-corrected chi connectivity index (χ3v) is 3.56. The average molecular weight is 278 g/mol. The number of fused-ring (bicyclic) bond motifs is 1. The molecule has 21 heavy (non-hydrogen) atoms. The highest BCUT2D eigenvalue weighted by molar-refractivity contribution is 5.91. The third-order valence-electron chi connectivity index (χ3n) is 3.56. The number of phenols is 1. The van der Waals surface area contributed by atoms with E-state index in [0.29, 0.717) is 5.75 Å². The minimum absolute atomic E-state index is 0.308. The van der Waals surface area contributed by atoms with E-state index in [4.69, 9.17) is 0 Å². The zero-order valence-corrected chi connectivity index (χ0v) is 12.0. The molecule has 0 spiro atoms. The Morgan fingerprint density at radius 2 is 1.86 bits per heavy atom. The highest BCUT2D eigenvalue weighted by Crippen LogP contribution is 2.22. The summed E-state index contributed by atoms with van der Waals surface area (Å²) in [6.45, 7) is 2.92. The van der Waals surface area contributed by atoms with Crippen molar-refractivity contribution >= 4 is 16.6 Å². The molecule has 0 atom stereocenters. The summed E-state index contributed by atoms with van der Waals surface area (Å²) in [6.07, 6.45) is 2.75. The largest absolute Gasteiger partial charge is 0.508 e. The fraction of sp³-hybridized carbons (Fsp3) is 0.167. The van der Waals surface area contributed by atoms with E-state index in [1.807, 2.05) is 24.4 Å². The van der Waals surface area contributed by atoms with Crippen LogP contribution in [0, 0.1) is 6.92 Å². The van der Waals surface area contributed by atoms with Gasteiger partial charge in [-0.05, 0) is 48.7 Å². The molecule has 0 aliphatic heterocycles. The van der Waals surface area contributed by atoms with Crippen LogP contribution in [0.25, 0.3) is 10.9 Å². The molecule has 106 valence electrons. The van der Waals surface area contributed by atoms with Crippen molar-refractivity contribution in [1.82, 2.24) is 4.98 Å². The number of aromatic hydroxyl groups is 1. The Hall–Kier alpha value is -2.55. The first-order chi connectivity index (χ1) is 10.2. The third kappa shape index (κ3) is 3.14. The molecule has 0 unspecified atom stereocenters. The van der Waals surface area contributed by atoms with Crippen molar-refractivity contribution in [3.8, 4) is 5.75 Å². The number of anilines is 1. The predicted molar refractivity (Wildman–Crippen MR) is 86.8 cm³/mol. The molecule has 0 saturated heterocycles. The van der Waals surface area contributed by atoms with Gasteiger partial charge in [-0.3, -0.25) is 4.98 Å². The highest BCUT2D eigenvalue weighted by Gasteiger charge is 2.02. The molecule has 1 heterocycles. The first kappa shape index (κ1) is 13.4. The number of rotatable bonds is 4. The van der Waals surface area contributed by atoms with E-state index < -0.39 is 0 Å². The summed E-state index contributed by atoms with van der Waals surface area (Å²) < 4.78 is 0. The van der Waals surface area contributed by atoms with Gasteiger partial charge in [0.2, 0.25) is 0 Å². The minimum Gasteiger partial charge on any atom is -0.508 e. The lowest BCUT2D eigenvalue weighted by Crippen LogP contribution is -2.05. The van der Waals surface area contributed by atoms with Gasteiger partial charge in [-0.25, -0.2) is 0 Å². The van der Waals surface area contributed by atoms with Crippen molar-refractivity contribution in [1.29, 1.82) is 0 Å². The molecule has 3 rings (SSSR count). The molecule has 2 aromatic carbocycles. The van der Waals surface area contributed by atoms with Crippen LogP contribution < -0.4 is 5.32 Å². The molecule has 3 aromatic rings. The molecule has 2 N–H and O–H groups in total. The Kier molecular flexibility index (Phi) is 3.73. The maximum atomic E-state index is 9.28. The molecule has 0 bridgehead atoms. The fourth-order valence-electron chi connectivity index (χ4n) is 2.42. The summed E-state index contributed by atoms with van der Waals surface area (Å²) in [7, 11) is 0. The lowest BCUT2D eigenvalue weighted by Gasteiger charge is -2.10. The van der Waals surface area contributed by atoms with Crippen molar-refractivity contribution in [2.45, 2.75) is 13.3 Å². The molecule has 0 aliphatic carbocycles. The van der Waals surface area contributed by atoms with Gasteiger partial charge in [0.05, 0.1) is 5.52 Å². The van der Waals surface area contributed by atoms with E-state index in [1.165, 1.54) is 11.1 Å². The summed E-state index contributed by atoms with van der Waals surface area (Å²) >= 11 is 0. The molecule has 3 heteroatoms. The number of hydrogen-bond donors (Lipinski definition) is 2. The highest BCUT2D eigenvalue weighted by atomic mass is 16.3. The van der Waals surface area contributed by atoms with Crippen LogP contribution in [0.15, 0.2) is 54.7 Å². The van der Waals surface area contributed by atoms with Gasteiger partial charge in [0.15, 0.2) is 0 Å². The number of hydrogen-bond acceptors (Lipinski definition) is 3. The molecular weight excluding hydrogens is 260 g/mol. The molecular formula is C18H18N2O. The van der Waals surface area contributed by atoms with E-state index in [0.717, 1.165) is 29.6 Å². The molecule has 3 nitrogen and oxygen atoms in total. The van der Waals surface area contributed by atoms with E-state index in [1.54, 1.807) is 12.1 Å². The van der Waals surface area contributed by atoms with E-state index in [9.17, 15) is 5.11 Å². The van der Waals surface area contributed by atoms with Crippen molar-refractivity contribution < 1.29 is 5.11 Å². The van der Waals surface area contributed by atoms with Gasteiger partial charge in [-0.2, -0.15) is 0 Å². The van der Waals surface area contributed by atoms with Crippen LogP contribution in [-0.2, 0) is 6.42 Å². The van der Waals surface area contributed by atoms with Gasteiger partial charge in [-0.15, -0.1) is 0 Å². The maximum absolute atomic E-state index is 9.28. The Morgan fingerprint density at radius 1 is 1.05 bits per heavy atom. The van der Waals surface area contributed by atoms with Gasteiger partial charge < -0.3 is 10.4 Å². The molecule has 0 radical (unpaired) electrons. The number of pyridine rings is 1. The van der Waals surface area contributed by atoms with E-state index in [2.05, 4.69) is 35.4 Å². The van der Waals surface area contributed by atoms with Crippen LogP contribution >= 0.6 is 0 Å². The monoisotopic (exact) mass is 278 g/mol. The van der Waals surface area contributed by atoms with Crippen LogP contribution in [0.4, 0.5) is 5.69 Å². The van der Waals surface area contributed by atoms with Crippen LogP contribution in [0.2, 0.25) is 0 Å². The number of aromatic nitrogens is 1. The summed E-state index contributed by atoms with van der Waals surface area (Å²) in [5.74, 6) is 0.308. The van der Waals surface area contributed by atoms with E-state index in [-0.39, 0.29) is 0 Å².